The number of aromatic nitrogens is 1. The maximum Gasteiger partial charge on any atom is 0.416 e. The number of halogens is 5. The zero-order valence-electron chi connectivity index (χ0n) is 10.2. The fourth-order valence-electron chi connectivity index (χ4n) is 1.54. The minimum Gasteiger partial charge on any atom is -0.322 e. The van der Waals surface area contributed by atoms with Crippen LogP contribution in [0.5, 0.6) is 0 Å². The smallest absolute Gasteiger partial charge is 0.322 e. The predicted octanol–water partition coefficient (Wildman–Crippen LogP) is 4.66. The Morgan fingerprint density at radius 2 is 1.57 bits per heavy atom. The normalized spacial score (nSPS) is 11.3. The van der Waals surface area contributed by atoms with Crippen molar-refractivity contribution in [3.05, 3.63) is 57.8 Å². The minimum absolute atomic E-state index is 0.0417. The Morgan fingerprint density at radius 3 is 2.05 bits per heavy atom. The summed E-state index contributed by atoms with van der Waals surface area (Å²) < 4.78 is 37.2. The van der Waals surface area contributed by atoms with Crippen molar-refractivity contribution in [2.75, 3.05) is 5.32 Å². The van der Waals surface area contributed by atoms with Crippen LogP contribution in [0.2, 0.25) is 10.3 Å². The van der Waals surface area contributed by atoms with Crippen molar-refractivity contribution in [3.8, 4) is 0 Å². The highest BCUT2D eigenvalue weighted by molar-refractivity contribution is 6.33. The molecule has 1 aromatic carbocycles. The summed E-state index contributed by atoms with van der Waals surface area (Å²) in [6, 6.07) is 6.67. The number of amides is 1. The largest absolute Gasteiger partial charge is 0.416 e. The summed E-state index contributed by atoms with van der Waals surface area (Å²) in [6.07, 6.45) is -4.42. The number of nitrogens with one attached hydrogen (secondary N) is 1. The van der Waals surface area contributed by atoms with Gasteiger partial charge < -0.3 is 5.32 Å². The standard InChI is InChI=1S/C13H7Cl2F3N2O/c14-10-5-7(6-11(15)20-10)12(21)19-9-3-1-8(2-4-9)13(16,17)18/h1-6H,(H,19,21). The number of nitrogens with zero attached hydrogens (tertiary/aromatic N) is 1. The number of alkyl halides is 3. The van der Waals surface area contributed by atoms with E-state index in [0.29, 0.717) is 0 Å². The second kappa shape index (κ2) is 5.91. The summed E-state index contributed by atoms with van der Waals surface area (Å²) in [5, 5.41) is 2.52. The van der Waals surface area contributed by atoms with Crippen LogP contribution in [-0.4, -0.2) is 10.9 Å². The summed E-state index contributed by atoms with van der Waals surface area (Å²) >= 11 is 11.3. The average Bonchev–Trinajstić information content (AvgIpc) is 2.37. The number of hydrogen-bond acceptors (Lipinski definition) is 2. The zero-order chi connectivity index (χ0) is 15.6. The van der Waals surface area contributed by atoms with E-state index >= 15 is 0 Å². The molecule has 0 aliphatic rings. The van der Waals surface area contributed by atoms with Gasteiger partial charge in [0.25, 0.3) is 5.91 Å². The van der Waals surface area contributed by atoms with Gasteiger partial charge in [-0.2, -0.15) is 13.2 Å². The van der Waals surface area contributed by atoms with Crippen molar-refractivity contribution in [2.24, 2.45) is 0 Å². The van der Waals surface area contributed by atoms with E-state index in [2.05, 4.69) is 10.3 Å². The van der Waals surface area contributed by atoms with Crippen LogP contribution in [0.15, 0.2) is 36.4 Å². The maximum atomic E-state index is 12.4. The number of carbonyl (C=O) groups excluding carboxylic acids is 1. The summed E-state index contributed by atoms with van der Waals surface area (Å²) in [4.78, 5) is 15.6. The molecule has 0 saturated carbocycles. The molecular weight excluding hydrogens is 328 g/mol. The SMILES string of the molecule is O=C(Nc1ccc(C(F)(F)F)cc1)c1cc(Cl)nc(Cl)c1. The molecule has 0 bridgehead atoms. The second-order valence-electron chi connectivity index (χ2n) is 4.03. The highest BCUT2D eigenvalue weighted by Crippen LogP contribution is 2.29. The van der Waals surface area contributed by atoms with Crippen molar-refractivity contribution in [1.82, 2.24) is 4.98 Å². The van der Waals surface area contributed by atoms with Gasteiger partial charge in [-0.3, -0.25) is 4.79 Å². The van der Waals surface area contributed by atoms with Crippen molar-refractivity contribution in [1.29, 1.82) is 0 Å². The van der Waals surface area contributed by atoms with Gasteiger partial charge in [-0.05, 0) is 36.4 Å². The number of anilines is 1. The third kappa shape index (κ3) is 4.09. The van der Waals surface area contributed by atoms with E-state index in [1.807, 2.05) is 0 Å². The molecule has 0 aliphatic heterocycles. The number of benzene rings is 1. The van der Waals surface area contributed by atoms with Crippen molar-refractivity contribution in [3.63, 3.8) is 0 Å². The van der Waals surface area contributed by atoms with E-state index in [0.717, 1.165) is 24.3 Å². The summed E-state index contributed by atoms with van der Waals surface area (Å²) in [7, 11) is 0. The quantitative estimate of drug-likeness (QED) is 0.811. The van der Waals surface area contributed by atoms with Gasteiger partial charge >= 0.3 is 6.18 Å². The molecule has 2 rings (SSSR count). The Hall–Kier alpha value is -1.79. The van der Waals surface area contributed by atoms with E-state index in [1.165, 1.54) is 12.1 Å². The topological polar surface area (TPSA) is 42.0 Å². The molecule has 0 atom stereocenters. The predicted molar refractivity (Wildman–Crippen MR) is 73.7 cm³/mol. The molecule has 0 saturated heterocycles. The Balaban J connectivity index is 2.16. The van der Waals surface area contributed by atoms with Crippen molar-refractivity contribution < 1.29 is 18.0 Å². The molecule has 0 radical (unpaired) electrons. The van der Waals surface area contributed by atoms with Crippen LogP contribution in [0.3, 0.4) is 0 Å². The molecule has 3 nitrogen and oxygen atoms in total. The monoisotopic (exact) mass is 334 g/mol. The van der Waals surface area contributed by atoms with E-state index in [1.54, 1.807) is 0 Å². The van der Waals surface area contributed by atoms with Gasteiger partial charge in [0.1, 0.15) is 10.3 Å². The first kappa shape index (κ1) is 15.6. The number of pyridine rings is 1. The van der Waals surface area contributed by atoms with Crippen LogP contribution < -0.4 is 5.32 Å². The summed E-state index contributed by atoms with van der Waals surface area (Å²) in [5.74, 6) is -0.555. The molecule has 21 heavy (non-hydrogen) atoms. The zero-order valence-corrected chi connectivity index (χ0v) is 11.7. The van der Waals surface area contributed by atoms with E-state index in [9.17, 15) is 18.0 Å². The van der Waals surface area contributed by atoms with Crippen LogP contribution in [0.4, 0.5) is 18.9 Å². The van der Waals surface area contributed by atoms with Crippen LogP contribution in [0, 0.1) is 0 Å². The maximum absolute atomic E-state index is 12.4. The van der Waals surface area contributed by atoms with Gasteiger partial charge in [0, 0.05) is 11.3 Å². The van der Waals surface area contributed by atoms with Gasteiger partial charge in [-0.15, -0.1) is 0 Å². The van der Waals surface area contributed by atoms with Gasteiger partial charge in [0.05, 0.1) is 5.56 Å². The van der Waals surface area contributed by atoms with Gasteiger partial charge in [-0.25, -0.2) is 4.98 Å². The van der Waals surface area contributed by atoms with E-state index < -0.39 is 17.6 Å². The number of hydrogen-bond donors (Lipinski definition) is 1. The molecule has 0 unspecified atom stereocenters. The molecule has 0 aliphatic carbocycles. The van der Waals surface area contributed by atoms with Crippen LogP contribution >= 0.6 is 23.2 Å². The molecule has 2 aromatic rings. The number of carbonyl (C=O) groups is 1. The first-order valence-corrected chi connectivity index (χ1v) is 6.33. The Morgan fingerprint density at radius 1 is 1.05 bits per heavy atom. The third-order valence-electron chi connectivity index (χ3n) is 2.50. The second-order valence-corrected chi connectivity index (χ2v) is 4.80. The number of rotatable bonds is 2. The van der Waals surface area contributed by atoms with Crippen LogP contribution in [-0.2, 0) is 6.18 Å². The van der Waals surface area contributed by atoms with E-state index in [-0.39, 0.29) is 21.6 Å². The molecule has 110 valence electrons. The Bertz CT molecular complexity index is 652. The molecular formula is C13H7Cl2F3N2O. The van der Waals surface area contributed by atoms with E-state index in [4.69, 9.17) is 23.2 Å². The highest BCUT2D eigenvalue weighted by Gasteiger charge is 2.29. The first-order valence-electron chi connectivity index (χ1n) is 5.57. The lowest BCUT2D eigenvalue weighted by molar-refractivity contribution is -0.137. The van der Waals surface area contributed by atoms with Crippen LogP contribution in [0.25, 0.3) is 0 Å². The molecule has 0 fully saturated rings. The highest BCUT2D eigenvalue weighted by atomic mass is 35.5. The lowest BCUT2D eigenvalue weighted by Crippen LogP contribution is -2.12. The molecule has 0 spiro atoms. The third-order valence-corrected chi connectivity index (χ3v) is 2.88. The fourth-order valence-corrected chi connectivity index (χ4v) is 2.00. The lowest BCUT2D eigenvalue weighted by Gasteiger charge is -2.09. The fraction of sp³-hybridized carbons (Fsp3) is 0.0769. The van der Waals surface area contributed by atoms with Gasteiger partial charge in [-0.1, -0.05) is 23.2 Å². The molecule has 1 N–H and O–H groups in total. The molecule has 1 heterocycles. The van der Waals surface area contributed by atoms with Crippen molar-refractivity contribution in [2.45, 2.75) is 6.18 Å². The Labute approximate surface area is 127 Å². The first-order chi connectivity index (χ1) is 9.75. The molecule has 8 heteroatoms. The van der Waals surface area contributed by atoms with Crippen molar-refractivity contribution >= 4 is 34.8 Å². The van der Waals surface area contributed by atoms with Gasteiger partial charge in [0.2, 0.25) is 0 Å². The Kier molecular flexibility index (Phi) is 4.39. The summed E-state index contributed by atoms with van der Waals surface area (Å²) in [6.45, 7) is 0. The molecule has 1 amide bonds. The minimum atomic E-state index is -4.42. The van der Waals surface area contributed by atoms with Gasteiger partial charge in [0.15, 0.2) is 0 Å². The molecule has 1 aromatic heterocycles. The average molecular weight is 335 g/mol. The lowest BCUT2D eigenvalue weighted by atomic mass is 10.2. The summed E-state index contributed by atoms with van der Waals surface area (Å²) in [5.41, 5.74) is -0.424. The van der Waals surface area contributed by atoms with Crippen LogP contribution in [0.1, 0.15) is 15.9 Å².